The lowest BCUT2D eigenvalue weighted by atomic mass is 10.3. The number of thiophene rings is 1. The molecule has 0 N–H and O–H groups in total. The van der Waals surface area contributed by atoms with Crippen molar-refractivity contribution in [2.24, 2.45) is 7.05 Å². The fraction of sp³-hybridized carbons (Fsp3) is 0.250. The van der Waals surface area contributed by atoms with Crippen LogP contribution < -0.4 is 0 Å². The molecule has 0 saturated carbocycles. The van der Waals surface area contributed by atoms with E-state index in [2.05, 4.69) is 15.4 Å². The van der Waals surface area contributed by atoms with Gasteiger partial charge >= 0.3 is 6.18 Å². The van der Waals surface area contributed by atoms with Crippen LogP contribution >= 0.6 is 23.1 Å². The molecule has 0 fully saturated rings. The molecule has 0 amide bonds. The molecular weight excluding hydrogens is 337 g/mol. The minimum absolute atomic E-state index is 0.174. The van der Waals surface area contributed by atoms with E-state index in [0.29, 0.717) is 17.2 Å². The highest BCUT2D eigenvalue weighted by Gasteiger charge is 2.37. The molecule has 0 aliphatic carbocycles. The number of rotatable bonds is 4. The molecule has 116 valence electrons. The van der Waals surface area contributed by atoms with Crippen molar-refractivity contribution in [3.63, 3.8) is 0 Å². The number of nitrogens with zero attached hydrogens (tertiary/aromatic N) is 4. The average molecular weight is 346 g/mol. The van der Waals surface area contributed by atoms with Gasteiger partial charge in [-0.2, -0.15) is 13.2 Å². The first-order valence-corrected chi connectivity index (χ1v) is 7.90. The molecule has 0 unspecified atom stereocenters. The predicted octanol–water partition coefficient (Wildman–Crippen LogP) is 3.84. The second kappa shape index (κ2) is 5.76. The summed E-state index contributed by atoms with van der Waals surface area (Å²) in [5.41, 5.74) is 0.630. The summed E-state index contributed by atoms with van der Waals surface area (Å²) in [6.07, 6.45) is -4.51. The maximum atomic E-state index is 12.6. The van der Waals surface area contributed by atoms with Crippen LogP contribution in [-0.4, -0.2) is 19.9 Å². The molecule has 3 heterocycles. The third kappa shape index (κ3) is 3.02. The fourth-order valence-electron chi connectivity index (χ4n) is 1.74. The molecule has 0 atom stereocenters. The van der Waals surface area contributed by atoms with E-state index < -0.39 is 12.0 Å². The standard InChI is InChI=1S/C12H9F3N4OS2/c1-19-10(12(13,14)15)16-17-11(19)22-6-7-5-8(20-18-7)9-3-2-4-21-9/h2-5H,6H2,1H3. The van der Waals surface area contributed by atoms with E-state index in [4.69, 9.17) is 4.52 Å². The van der Waals surface area contributed by atoms with Gasteiger partial charge in [0.15, 0.2) is 10.9 Å². The van der Waals surface area contributed by atoms with Crippen LogP contribution in [-0.2, 0) is 19.0 Å². The molecular formula is C12H9F3N4OS2. The Kier molecular flexibility index (Phi) is 3.96. The Morgan fingerprint density at radius 3 is 2.82 bits per heavy atom. The molecule has 0 saturated heterocycles. The SMILES string of the molecule is Cn1c(SCc2cc(-c3cccs3)on2)nnc1C(F)(F)F. The Hall–Kier alpha value is -1.81. The normalized spacial score (nSPS) is 12.0. The van der Waals surface area contributed by atoms with Crippen molar-refractivity contribution in [1.82, 2.24) is 19.9 Å². The first kappa shape index (κ1) is 15.1. The second-order valence-electron chi connectivity index (χ2n) is 4.31. The van der Waals surface area contributed by atoms with Gasteiger partial charge in [-0.25, -0.2) is 0 Å². The summed E-state index contributed by atoms with van der Waals surface area (Å²) < 4.78 is 44.0. The van der Waals surface area contributed by atoms with Crippen molar-refractivity contribution in [2.45, 2.75) is 17.1 Å². The zero-order chi connectivity index (χ0) is 15.7. The molecule has 5 nitrogen and oxygen atoms in total. The summed E-state index contributed by atoms with van der Waals surface area (Å²) in [6, 6.07) is 5.56. The van der Waals surface area contributed by atoms with Crippen molar-refractivity contribution < 1.29 is 17.7 Å². The van der Waals surface area contributed by atoms with Crippen LogP contribution in [0.25, 0.3) is 10.6 Å². The van der Waals surface area contributed by atoms with Gasteiger partial charge < -0.3 is 9.09 Å². The van der Waals surface area contributed by atoms with Gasteiger partial charge in [-0.05, 0) is 11.4 Å². The van der Waals surface area contributed by atoms with Crippen LogP contribution in [0.4, 0.5) is 13.2 Å². The number of thioether (sulfide) groups is 1. The predicted molar refractivity (Wildman–Crippen MR) is 75.4 cm³/mol. The van der Waals surface area contributed by atoms with Crippen molar-refractivity contribution in [3.8, 4) is 10.6 Å². The van der Waals surface area contributed by atoms with E-state index in [-0.39, 0.29) is 5.16 Å². The third-order valence-corrected chi connectivity index (χ3v) is 4.70. The van der Waals surface area contributed by atoms with E-state index in [9.17, 15) is 13.2 Å². The molecule has 10 heteroatoms. The molecule has 0 bridgehead atoms. The number of alkyl halides is 3. The zero-order valence-corrected chi connectivity index (χ0v) is 12.8. The Bertz CT molecular complexity index is 764. The van der Waals surface area contributed by atoms with Crippen molar-refractivity contribution in [1.29, 1.82) is 0 Å². The Labute approximate surface area is 131 Å². The average Bonchev–Trinajstić information content (AvgIpc) is 3.16. The smallest absolute Gasteiger partial charge is 0.355 e. The molecule has 3 aromatic rings. The summed E-state index contributed by atoms with van der Waals surface area (Å²) in [4.78, 5) is 0.946. The highest BCUT2D eigenvalue weighted by molar-refractivity contribution is 7.98. The highest BCUT2D eigenvalue weighted by atomic mass is 32.2. The molecule has 0 aromatic carbocycles. The summed E-state index contributed by atoms with van der Waals surface area (Å²) in [7, 11) is 1.28. The second-order valence-corrected chi connectivity index (χ2v) is 6.20. The fourth-order valence-corrected chi connectivity index (χ4v) is 3.21. The van der Waals surface area contributed by atoms with Gasteiger partial charge in [-0.15, -0.1) is 21.5 Å². The van der Waals surface area contributed by atoms with Crippen LogP contribution in [0.15, 0.2) is 33.3 Å². The summed E-state index contributed by atoms with van der Waals surface area (Å²) >= 11 is 2.64. The van der Waals surface area contributed by atoms with Gasteiger partial charge in [0, 0.05) is 18.9 Å². The number of hydrogen-bond acceptors (Lipinski definition) is 6. The Morgan fingerprint density at radius 2 is 2.18 bits per heavy atom. The Balaban J connectivity index is 1.70. The Morgan fingerprint density at radius 1 is 1.36 bits per heavy atom. The van der Waals surface area contributed by atoms with Gasteiger partial charge in [0.05, 0.1) is 10.6 Å². The zero-order valence-electron chi connectivity index (χ0n) is 11.2. The molecule has 0 spiro atoms. The van der Waals surface area contributed by atoms with Gasteiger partial charge in [-0.3, -0.25) is 0 Å². The summed E-state index contributed by atoms with van der Waals surface area (Å²) in [6.45, 7) is 0. The monoisotopic (exact) mass is 346 g/mol. The summed E-state index contributed by atoms with van der Waals surface area (Å²) in [5.74, 6) is -0.0346. The lowest BCUT2D eigenvalue weighted by Crippen LogP contribution is -2.12. The van der Waals surface area contributed by atoms with Crippen LogP contribution in [0, 0.1) is 0 Å². The van der Waals surface area contributed by atoms with Gasteiger partial charge in [-0.1, -0.05) is 23.0 Å². The first-order valence-electron chi connectivity index (χ1n) is 6.04. The minimum Gasteiger partial charge on any atom is -0.355 e. The minimum atomic E-state index is -4.51. The molecule has 3 aromatic heterocycles. The van der Waals surface area contributed by atoms with Gasteiger partial charge in [0.1, 0.15) is 0 Å². The molecule has 3 rings (SSSR count). The van der Waals surface area contributed by atoms with Crippen LogP contribution in [0.5, 0.6) is 0 Å². The molecule has 0 aliphatic rings. The third-order valence-electron chi connectivity index (χ3n) is 2.76. The van der Waals surface area contributed by atoms with Crippen LogP contribution in [0.2, 0.25) is 0 Å². The van der Waals surface area contributed by atoms with E-state index >= 15 is 0 Å². The first-order chi connectivity index (χ1) is 10.4. The molecule has 22 heavy (non-hydrogen) atoms. The van der Waals surface area contributed by atoms with Crippen molar-refractivity contribution >= 4 is 23.1 Å². The maximum Gasteiger partial charge on any atom is 0.451 e. The van der Waals surface area contributed by atoms with E-state index in [0.717, 1.165) is 21.2 Å². The van der Waals surface area contributed by atoms with Crippen LogP contribution in [0.1, 0.15) is 11.5 Å². The van der Waals surface area contributed by atoms with E-state index in [1.807, 2.05) is 17.5 Å². The lowest BCUT2D eigenvalue weighted by molar-refractivity contribution is -0.147. The van der Waals surface area contributed by atoms with Crippen LogP contribution in [0.3, 0.4) is 0 Å². The summed E-state index contributed by atoms with van der Waals surface area (Å²) in [5, 5.41) is 12.7. The van der Waals surface area contributed by atoms with E-state index in [1.54, 1.807) is 6.07 Å². The number of halogens is 3. The molecule has 0 aliphatic heterocycles. The van der Waals surface area contributed by atoms with Crippen molar-refractivity contribution in [2.75, 3.05) is 0 Å². The number of hydrogen-bond donors (Lipinski definition) is 0. The lowest BCUT2D eigenvalue weighted by Gasteiger charge is -2.05. The molecule has 0 radical (unpaired) electrons. The number of aromatic nitrogens is 4. The highest BCUT2D eigenvalue weighted by Crippen LogP contribution is 2.31. The van der Waals surface area contributed by atoms with E-state index in [1.165, 1.54) is 18.4 Å². The van der Waals surface area contributed by atoms with Gasteiger partial charge in [0.25, 0.3) is 0 Å². The van der Waals surface area contributed by atoms with Crippen molar-refractivity contribution in [3.05, 3.63) is 35.1 Å². The largest absolute Gasteiger partial charge is 0.451 e. The quantitative estimate of drug-likeness (QED) is 0.672. The topological polar surface area (TPSA) is 56.7 Å². The van der Waals surface area contributed by atoms with Gasteiger partial charge in [0.2, 0.25) is 5.82 Å². The maximum absolute atomic E-state index is 12.6.